The van der Waals surface area contributed by atoms with E-state index < -0.39 is 12.0 Å². The number of rotatable bonds is 2. The molecular weight excluding hydrogens is 292 g/mol. The number of amides is 2. The van der Waals surface area contributed by atoms with Crippen molar-refractivity contribution >= 4 is 23.4 Å². The number of aryl methyl sites for hydroxylation is 2. The van der Waals surface area contributed by atoms with Crippen LogP contribution in [0, 0.1) is 0 Å². The highest BCUT2D eigenvalue weighted by molar-refractivity contribution is 5.95. The summed E-state index contributed by atoms with van der Waals surface area (Å²) < 4.78 is 4.48. The first-order valence-electron chi connectivity index (χ1n) is 7.50. The van der Waals surface area contributed by atoms with Gasteiger partial charge in [-0.05, 0) is 36.1 Å². The molecule has 5 nitrogen and oxygen atoms in total. The summed E-state index contributed by atoms with van der Waals surface area (Å²) in [7, 11) is 1.24. The van der Waals surface area contributed by atoms with E-state index in [0.717, 1.165) is 24.2 Å². The van der Waals surface area contributed by atoms with Crippen molar-refractivity contribution in [3.05, 3.63) is 59.7 Å². The number of fused-ring (bicyclic) bond motifs is 2. The lowest BCUT2D eigenvalue weighted by Crippen LogP contribution is -2.38. The molecule has 5 heteroatoms. The molecule has 2 amide bonds. The number of carbonyl (C=O) groups is 2. The van der Waals surface area contributed by atoms with Crippen LogP contribution in [0.25, 0.3) is 0 Å². The Bertz CT molecular complexity index is 695. The van der Waals surface area contributed by atoms with Crippen molar-refractivity contribution in [2.45, 2.75) is 12.8 Å². The largest absolute Gasteiger partial charge is 0.453 e. The van der Waals surface area contributed by atoms with Crippen LogP contribution in [-0.2, 0) is 22.4 Å². The molecule has 0 radical (unpaired) electrons. The predicted octanol–water partition coefficient (Wildman–Crippen LogP) is 2.81. The standard InChI is InChI=1S/C18H18N2O3/c1-23-18(22)19-17(21)12-20-15-8-4-2-6-13(15)10-11-14-7-3-5-9-16(14)20/h2-9H,10-12H2,1H3,(H,19,21,22). The Morgan fingerprint density at radius 2 is 1.52 bits per heavy atom. The van der Waals surface area contributed by atoms with Crippen molar-refractivity contribution in [2.24, 2.45) is 0 Å². The van der Waals surface area contributed by atoms with E-state index >= 15 is 0 Å². The molecule has 1 aliphatic rings. The van der Waals surface area contributed by atoms with E-state index in [2.05, 4.69) is 22.2 Å². The maximum atomic E-state index is 12.2. The number of para-hydroxylation sites is 2. The minimum Gasteiger partial charge on any atom is -0.453 e. The van der Waals surface area contributed by atoms with Gasteiger partial charge in [0.2, 0.25) is 5.91 Å². The van der Waals surface area contributed by atoms with Gasteiger partial charge in [0, 0.05) is 11.4 Å². The number of hydrogen-bond acceptors (Lipinski definition) is 4. The van der Waals surface area contributed by atoms with Crippen molar-refractivity contribution in [1.82, 2.24) is 5.32 Å². The van der Waals surface area contributed by atoms with Crippen LogP contribution in [0.1, 0.15) is 11.1 Å². The predicted molar refractivity (Wildman–Crippen MR) is 87.8 cm³/mol. The van der Waals surface area contributed by atoms with E-state index in [1.807, 2.05) is 41.3 Å². The molecule has 2 aromatic rings. The van der Waals surface area contributed by atoms with Crippen LogP contribution in [-0.4, -0.2) is 25.7 Å². The lowest BCUT2D eigenvalue weighted by molar-refractivity contribution is -0.119. The number of anilines is 2. The van der Waals surface area contributed by atoms with Crippen molar-refractivity contribution in [2.75, 3.05) is 18.6 Å². The Kier molecular flexibility index (Phi) is 4.28. The monoisotopic (exact) mass is 310 g/mol. The summed E-state index contributed by atoms with van der Waals surface area (Å²) in [5.74, 6) is -0.400. The second-order valence-corrected chi connectivity index (χ2v) is 5.38. The summed E-state index contributed by atoms with van der Waals surface area (Å²) in [6, 6.07) is 16.1. The third-order valence-electron chi connectivity index (χ3n) is 3.96. The number of benzene rings is 2. The molecule has 1 heterocycles. The Morgan fingerprint density at radius 1 is 1.00 bits per heavy atom. The quantitative estimate of drug-likeness (QED) is 0.926. The minimum atomic E-state index is -0.744. The van der Waals surface area contributed by atoms with Crippen LogP contribution in [0.4, 0.5) is 16.2 Å². The molecule has 0 spiro atoms. The number of imide groups is 1. The third kappa shape index (κ3) is 3.18. The summed E-state index contributed by atoms with van der Waals surface area (Å²) in [5.41, 5.74) is 4.37. The van der Waals surface area contributed by atoms with Crippen LogP contribution in [0.3, 0.4) is 0 Å². The van der Waals surface area contributed by atoms with Gasteiger partial charge in [0.15, 0.2) is 0 Å². The minimum absolute atomic E-state index is 0.0587. The van der Waals surface area contributed by atoms with Crippen LogP contribution in [0.2, 0.25) is 0 Å². The Labute approximate surface area is 134 Å². The van der Waals surface area contributed by atoms with Crippen molar-refractivity contribution in [3.63, 3.8) is 0 Å². The van der Waals surface area contributed by atoms with Crippen LogP contribution in [0.5, 0.6) is 0 Å². The van der Waals surface area contributed by atoms with Gasteiger partial charge in [-0.25, -0.2) is 4.79 Å². The number of hydrogen-bond donors (Lipinski definition) is 1. The lowest BCUT2D eigenvalue weighted by atomic mass is 10.0. The van der Waals surface area contributed by atoms with E-state index in [0.29, 0.717) is 0 Å². The summed E-state index contributed by atoms with van der Waals surface area (Å²) in [5, 5.41) is 2.22. The fraction of sp³-hybridized carbons (Fsp3) is 0.222. The summed E-state index contributed by atoms with van der Waals surface area (Å²) >= 11 is 0. The molecular formula is C18H18N2O3. The normalized spacial score (nSPS) is 12.7. The maximum Gasteiger partial charge on any atom is 0.413 e. The van der Waals surface area contributed by atoms with Gasteiger partial charge in [-0.2, -0.15) is 0 Å². The van der Waals surface area contributed by atoms with E-state index in [1.54, 1.807) is 0 Å². The van der Waals surface area contributed by atoms with Crippen LogP contribution >= 0.6 is 0 Å². The molecule has 2 aromatic carbocycles. The van der Waals surface area contributed by atoms with Gasteiger partial charge in [0.05, 0.1) is 7.11 Å². The van der Waals surface area contributed by atoms with Gasteiger partial charge in [-0.15, -0.1) is 0 Å². The first kappa shape index (κ1) is 15.1. The van der Waals surface area contributed by atoms with Gasteiger partial charge >= 0.3 is 6.09 Å². The molecule has 3 rings (SSSR count). The average Bonchev–Trinajstić information content (AvgIpc) is 2.73. The zero-order valence-electron chi connectivity index (χ0n) is 12.9. The van der Waals surface area contributed by atoms with Gasteiger partial charge in [-0.1, -0.05) is 36.4 Å². The number of nitrogens with zero attached hydrogens (tertiary/aromatic N) is 1. The lowest BCUT2D eigenvalue weighted by Gasteiger charge is -2.26. The Hall–Kier alpha value is -2.82. The number of methoxy groups -OCH3 is 1. The van der Waals surface area contributed by atoms with E-state index in [4.69, 9.17) is 0 Å². The molecule has 1 aliphatic heterocycles. The SMILES string of the molecule is COC(=O)NC(=O)CN1c2ccccc2CCc2ccccc21. The van der Waals surface area contributed by atoms with E-state index in [9.17, 15) is 9.59 Å². The first-order chi connectivity index (χ1) is 11.2. The second-order valence-electron chi connectivity index (χ2n) is 5.38. The first-order valence-corrected chi connectivity index (χ1v) is 7.50. The van der Waals surface area contributed by atoms with Crippen LogP contribution < -0.4 is 10.2 Å². The van der Waals surface area contributed by atoms with Crippen molar-refractivity contribution in [1.29, 1.82) is 0 Å². The third-order valence-corrected chi connectivity index (χ3v) is 3.96. The van der Waals surface area contributed by atoms with Gasteiger partial charge in [-0.3, -0.25) is 10.1 Å². The molecule has 0 saturated heterocycles. The van der Waals surface area contributed by atoms with E-state index in [1.165, 1.54) is 18.2 Å². The van der Waals surface area contributed by atoms with E-state index in [-0.39, 0.29) is 6.54 Å². The van der Waals surface area contributed by atoms with Crippen molar-refractivity contribution in [3.8, 4) is 0 Å². The number of nitrogens with one attached hydrogen (secondary N) is 1. The molecule has 0 fully saturated rings. The zero-order valence-corrected chi connectivity index (χ0v) is 12.9. The number of alkyl carbamates (subject to hydrolysis) is 1. The highest BCUT2D eigenvalue weighted by Crippen LogP contribution is 2.35. The molecule has 0 bridgehead atoms. The molecule has 118 valence electrons. The molecule has 0 saturated carbocycles. The fourth-order valence-corrected chi connectivity index (χ4v) is 2.89. The van der Waals surface area contributed by atoms with Gasteiger partial charge in [0.1, 0.15) is 6.54 Å². The fourth-order valence-electron chi connectivity index (χ4n) is 2.89. The molecule has 0 atom stereocenters. The average molecular weight is 310 g/mol. The molecule has 0 aliphatic carbocycles. The highest BCUT2D eigenvalue weighted by Gasteiger charge is 2.22. The summed E-state index contributed by atoms with van der Waals surface area (Å²) in [6.45, 7) is 0.0587. The van der Waals surface area contributed by atoms with Gasteiger partial charge < -0.3 is 9.64 Å². The Balaban J connectivity index is 1.97. The molecule has 0 unspecified atom stereocenters. The topological polar surface area (TPSA) is 58.6 Å². The maximum absolute atomic E-state index is 12.2. The Morgan fingerprint density at radius 3 is 2.04 bits per heavy atom. The molecule has 0 aromatic heterocycles. The van der Waals surface area contributed by atoms with Crippen molar-refractivity contribution < 1.29 is 14.3 Å². The number of carbonyl (C=O) groups excluding carboxylic acids is 2. The molecule has 23 heavy (non-hydrogen) atoms. The van der Waals surface area contributed by atoms with Crippen LogP contribution in [0.15, 0.2) is 48.5 Å². The summed E-state index contributed by atoms with van der Waals surface area (Å²) in [6.07, 6.45) is 1.09. The van der Waals surface area contributed by atoms with Gasteiger partial charge in [0.25, 0.3) is 0 Å². The number of ether oxygens (including phenoxy) is 1. The molecule has 1 N–H and O–H groups in total. The smallest absolute Gasteiger partial charge is 0.413 e. The summed E-state index contributed by atoms with van der Waals surface area (Å²) in [4.78, 5) is 25.4. The second kappa shape index (κ2) is 6.52. The highest BCUT2D eigenvalue weighted by atomic mass is 16.5. The zero-order chi connectivity index (χ0) is 16.2.